The van der Waals surface area contributed by atoms with Crippen molar-refractivity contribution >= 4 is 11.6 Å². The third kappa shape index (κ3) is 4.35. The molecular formula is C17H26ClNO2. The van der Waals surface area contributed by atoms with E-state index in [2.05, 4.69) is 19.2 Å². The zero-order valence-corrected chi connectivity index (χ0v) is 14.0. The van der Waals surface area contributed by atoms with Crippen molar-refractivity contribution < 1.29 is 9.47 Å². The van der Waals surface area contributed by atoms with Crippen molar-refractivity contribution in [2.24, 2.45) is 0 Å². The highest BCUT2D eigenvalue weighted by Gasteiger charge is 2.43. The van der Waals surface area contributed by atoms with Crippen molar-refractivity contribution in [2.75, 3.05) is 13.2 Å². The molecule has 0 saturated heterocycles. The fourth-order valence-corrected chi connectivity index (χ4v) is 2.84. The van der Waals surface area contributed by atoms with Crippen molar-refractivity contribution in [3.63, 3.8) is 0 Å². The van der Waals surface area contributed by atoms with Crippen LogP contribution in [0.2, 0.25) is 5.02 Å². The molecule has 1 aliphatic rings. The highest BCUT2D eigenvalue weighted by atomic mass is 35.5. The maximum atomic E-state index is 6.13. The molecule has 118 valence electrons. The van der Waals surface area contributed by atoms with Crippen LogP contribution in [0.1, 0.15) is 38.7 Å². The molecule has 3 nitrogen and oxygen atoms in total. The molecule has 3 unspecified atom stereocenters. The Hall–Kier alpha value is -0.770. The Kier molecular flexibility index (Phi) is 6.34. The van der Waals surface area contributed by atoms with Gasteiger partial charge in [0.2, 0.25) is 0 Å². The van der Waals surface area contributed by atoms with Gasteiger partial charge in [0, 0.05) is 24.1 Å². The fourth-order valence-electron chi connectivity index (χ4n) is 2.61. The minimum absolute atomic E-state index is 0.130. The van der Waals surface area contributed by atoms with E-state index in [1.165, 1.54) is 0 Å². The Morgan fingerprint density at radius 3 is 2.76 bits per heavy atom. The first-order chi connectivity index (χ1) is 10.2. The SMILES string of the molecule is CCCNC1CC(Oc2ccc(Cl)cc2C)C1OCCC. The first-order valence-electron chi connectivity index (χ1n) is 7.93. The number of rotatable bonds is 8. The number of ether oxygens (including phenoxy) is 2. The summed E-state index contributed by atoms with van der Waals surface area (Å²) in [5, 5.41) is 4.29. The summed E-state index contributed by atoms with van der Waals surface area (Å²) in [5.74, 6) is 0.906. The van der Waals surface area contributed by atoms with Crippen LogP contribution < -0.4 is 10.1 Å². The number of benzene rings is 1. The van der Waals surface area contributed by atoms with Gasteiger partial charge in [-0.25, -0.2) is 0 Å². The molecule has 2 rings (SSSR count). The average molecular weight is 312 g/mol. The van der Waals surface area contributed by atoms with Crippen molar-refractivity contribution in [2.45, 2.75) is 58.3 Å². The summed E-state index contributed by atoms with van der Waals surface area (Å²) in [7, 11) is 0. The second-order valence-electron chi connectivity index (χ2n) is 5.70. The molecule has 0 aromatic heterocycles. The zero-order valence-electron chi connectivity index (χ0n) is 13.2. The van der Waals surface area contributed by atoms with E-state index in [0.29, 0.717) is 6.04 Å². The Morgan fingerprint density at radius 1 is 1.29 bits per heavy atom. The molecule has 0 bridgehead atoms. The minimum Gasteiger partial charge on any atom is -0.487 e. The number of nitrogens with one attached hydrogen (secondary N) is 1. The van der Waals surface area contributed by atoms with E-state index in [0.717, 1.165) is 48.7 Å². The lowest BCUT2D eigenvalue weighted by Crippen LogP contribution is -2.61. The van der Waals surface area contributed by atoms with E-state index in [1.807, 2.05) is 25.1 Å². The minimum atomic E-state index is 0.130. The van der Waals surface area contributed by atoms with Crippen LogP contribution in [0.25, 0.3) is 0 Å². The Balaban J connectivity index is 1.95. The largest absolute Gasteiger partial charge is 0.487 e. The maximum absolute atomic E-state index is 6.13. The predicted octanol–water partition coefficient (Wildman–Crippen LogP) is 3.96. The van der Waals surface area contributed by atoms with Crippen molar-refractivity contribution in [3.05, 3.63) is 28.8 Å². The molecule has 1 aromatic carbocycles. The lowest BCUT2D eigenvalue weighted by molar-refractivity contribution is -0.108. The molecule has 0 spiro atoms. The van der Waals surface area contributed by atoms with Gasteiger partial charge in [-0.2, -0.15) is 0 Å². The quantitative estimate of drug-likeness (QED) is 0.788. The smallest absolute Gasteiger partial charge is 0.128 e. The number of hydrogen-bond acceptors (Lipinski definition) is 3. The second-order valence-corrected chi connectivity index (χ2v) is 6.13. The number of aryl methyl sites for hydroxylation is 1. The monoisotopic (exact) mass is 311 g/mol. The van der Waals surface area contributed by atoms with Crippen LogP contribution in [0.4, 0.5) is 0 Å². The molecule has 21 heavy (non-hydrogen) atoms. The Bertz CT molecular complexity index is 452. The molecule has 0 radical (unpaired) electrons. The molecule has 4 heteroatoms. The summed E-state index contributed by atoms with van der Waals surface area (Å²) in [4.78, 5) is 0. The van der Waals surface area contributed by atoms with Gasteiger partial charge in [0.15, 0.2) is 0 Å². The van der Waals surface area contributed by atoms with E-state index < -0.39 is 0 Å². The van der Waals surface area contributed by atoms with Gasteiger partial charge in [-0.3, -0.25) is 0 Å². The van der Waals surface area contributed by atoms with E-state index in [9.17, 15) is 0 Å². The highest BCUT2D eigenvalue weighted by Crippen LogP contribution is 2.31. The van der Waals surface area contributed by atoms with E-state index in [-0.39, 0.29) is 12.2 Å². The standard InChI is InChI=1S/C17H26ClNO2/c1-4-8-19-14-11-16(17(14)20-9-5-2)21-15-7-6-13(18)10-12(15)3/h6-7,10,14,16-17,19H,4-5,8-9,11H2,1-3H3. The van der Waals surface area contributed by atoms with Gasteiger partial charge in [-0.05, 0) is 50.1 Å². The van der Waals surface area contributed by atoms with Crippen molar-refractivity contribution in [1.29, 1.82) is 0 Å². The summed E-state index contributed by atoms with van der Waals surface area (Å²) >= 11 is 5.99. The summed E-state index contributed by atoms with van der Waals surface area (Å²) in [6, 6.07) is 6.16. The summed E-state index contributed by atoms with van der Waals surface area (Å²) < 4.78 is 12.1. The van der Waals surface area contributed by atoms with Gasteiger partial charge in [0.05, 0.1) is 0 Å². The van der Waals surface area contributed by atoms with Gasteiger partial charge in [0.25, 0.3) is 0 Å². The second kappa shape index (κ2) is 8.02. The van der Waals surface area contributed by atoms with Gasteiger partial charge in [-0.1, -0.05) is 25.4 Å². The number of hydrogen-bond donors (Lipinski definition) is 1. The van der Waals surface area contributed by atoms with Gasteiger partial charge < -0.3 is 14.8 Å². The molecular weight excluding hydrogens is 286 g/mol. The van der Waals surface area contributed by atoms with Gasteiger partial charge in [-0.15, -0.1) is 0 Å². The van der Waals surface area contributed by atoms with Gasteiger partial charge >= 0.3 is 0 Å². The summed E-state index contributed by atoms with van der Waals surface area (Å²) in [6.45, 7) is 8.15. The lowest BCUT2D eigenvalue weighted by atomic mass is 9.85. The van der Waals surface area contributed by atoms with E-state index in [1.54, 1.807) is 0 Å². The molecule has 1 aromatic rings. The van der Waals surface area contributed by atoms with Crippen LogP contribution >= 0.6 is 11.6 Å². The van der Waals surface area contributed by atoms with Crippen molar-refractivity contribution in [1.82, 2.24) is 5.32 Å². The van der Waals surface area contributed by atoms with Gasteiger partial charge in [0.1, 0.15) is 18.0 Å². The molecule has 1 saturated carbocycles. The van der Waals surface area contributed by atoms with Crippen LogP contribution in [-0.2, 0) is 4.74 Å². The molecule has 1 aliphatic carbocycles. The molecule has 0 heterocycles. The molecule has 0 aliphatic heterocycles. The Morgan fingerprint density at radius 2 is 2.10 bits per heavy atom. The molecule has 1 N–H and O–H groups in total. The molecule has 3 atom stereocenters. The van der Waals surface area contributed by atoms with Crippen LogP contribution in [0, 0.1) is 6.92 Å². The van der Waals surface area contributed by atoms with Crippen molar-refractivity contribution in [3.8, 4) is 5.75 Å². The fraction of sp³-hybridized carbons (Fsp3) is 0.647. The van der Waals surface area contributed by atoms with E-state index >= 15 is 0 Å². The predicted molar refractivity (Wildman–Crippen MR) is 87.3 cm³/mol. The van der Waals surface area contributed by atoms with Crippen LogP contribution in [0.15, 0.2) is 18.2 Å². The topological polar surface area (TPSA) is 30.5 Å². The zero-order chi connectivity index (χ0) is 15.2. The maximum Gasteiger partial charge on any atom is 0.128 e. The first-order valence-corrected chi connectivity index (χ1v) is 8.31. The van der Waals surface area contributed by atoms with Crippen LogP contribution in [-0.4, -0.2) is 31.4 Å². The van der Waals surface area contributed by atoms with E-state index in [4.69, 9.17) is 21.1 Å². The normalized spacial score (nSPS) is 24.7. The van der Waals surface area contributed by atoms with Crippen LogP contribution in [0.3, 0.4) is 0 Å². The Labute approximate surface area is 133 Å². The summed E-state index contributed by atoms with van der Waals surface area (Å²) in [5.41, 5.74) is 1.07. The van der Waals surface area contributed by atoms with Crippen LogP contribution in [0.5, 0.6) is 5.75 Å². The third-order valence-electron chi connectivity index (χ3n) is 3.84. The third-order valence-corrected chi connectivity index (χ3v) is 4.07. The lowest BCUT2D eigenvalue weighted by Gasteiger charge is -2.44. The summed E-state index contributed by atoms with van der Waals surface area (Å²) in [6.07, 6.45) is 3.44. The highest BCUT2D eigenvalue weighted by molar-refractivity contribution is 6.30. The molecule has 0 amide bonds. The average Bonchev–Trinajstić information content (AvgIpc) is 2.44. The first kappa shape index (κ1) is 16.6. The molecule has 1 fully saturated rings. The number of halogens is 1.